The number of carbonyl (C=O) groups excluding carboxylic acids is 2. The summed E-state index contributed by atoms with van der Waals surface area (Å²) >= 11 is 3.46. The predicted molar refractivity (Wildman–Crippen MR) is 164 cm³/mol. The number of fused-ring (bicyclic) bond motifs is 1. The first kappa shape index (κ1) is 32.9. The highest BCUT2D eigenvalue weighted by atomic mass is 79.9. The molecule has 0 aliphatic carbocycles. The Kier molecular flexibility index (Phi) is 11.4. The third-order valence-electron chi connectivity index (χ3n) is 5.41. The molecule has 12 nitrogen and oxygen atoms in total. The van der Waals surface area contributed by atoms with Crippen molar-refractivity contribution < 1.29 is 31.7 Å². The smallest absolute Gasteiger partial charge is 0.320 e. The van der Waals surface area contributed by atoms with Crippen molar-refractivity contribution in [2.75, 3.05) is 50.2 Å². The second-order valence-electron chi connectivity index (χ2n) is 10.2. The van der Waals surface area contributed by atoms with E-state index in [0.717, 1.165) is 16.4 Å². The van der Waals surface area contributed by atoms with Crippen molar-refractivity contribution in [2.45, 2.75) is 26.4 Å². The molecule has 0 spiro atoms. The van der Waals surface area contributed by atoms with E-state index in [4.69, 9.17) is 13.7 Å². The molecule has 2 aromatic carbocycles. The van der Waals surface area contributed by atoms with Gasteiger partial charge in [-0.2, -0.15) is 8.42 Å². The summed E-state index contributed by atoms with van der Waals surface area (Å²) < 4.78 is 39.2. The molecule has 2 N–H and O–H groups in total. The molecule has 0 radical (unpaired) electrons. The van der Waals surface area contributed by atoms with Gasteiger partial charge in [0.1, 0.15) is 23.5 Å². The maximum Gasteiger partial charge on any atom is 0.320 e. The van der Waals surface area contributed by atoms with Gasteiger partial charge in [0.25, 0.3) is 10.1 Å². The van der Waals surface area contributed by atoms with Gasteiger partial charge in [-0.05, 0) is 45.0 Å². The topological polar surface area (TPSA) is 149 Å². The average molecular weight is 665 g/mol. The van der Waals surface area contributed by atoms with Crippen molar-refractivity contribution in [3.05, 3.63) is 59.4 Å². The van der Waals surface area contributed by atoms with Crippen molar-refractivity contribution in [1.29, 1.82) is 0 Å². The maximum absolute atomic E-state index is 12.8. The highest BCUT2D eigenvalue weighted by Gasteiger charge is 2.19. The lowest BCUT2D eigenvalue weighted by Gasteiger charge is -2.24. The standard InChI is InChI=1S/C28H34BrN5O7S/c1-28(2,3)41-26(36)17-34(12-13-40-42(5,37)38)11-7-10-25(35)33-23-15-21-22(16-24(23)39-4)30-18-31-27(21)32-20-9-6-8-19(29)14-20/h6-10,14-16,18H,11-13,17H2,1-5H3,(H,33,35)(H,30,31,32)/b10-7+. The van der Waals surface area contributed by atoms with E-state index < -0.39 is 27.6 Å². The van der Waals surface area contributed by atoms with Crippen LogP contribution in [0.5, 0.6) is 5.75 Å². The first-order chi connectivity index (χ1) is 19.7. The zero-order valence-corrected chi connectivity index (χ0v) is 26.4. The minimum atomic E-state index is -3.64. The molecule has 1 heterocycles. The van der Waals surface area contributed by atoms with E-state index in [1.54, 1.807) is 43.9 Å². The van der Waals surface area contributed by atoms with E-state index in [1.807, 2.05) is 24.3 Å². The van der Waals surface area contributed by atoms with Crippen LogP contribution in [0.15, 0.2) is 59.4 Å². The highest BCUT2D eigenvalue weighted by Crippen LogP contribution is 2.33. The molecule has 0 saturated carbocycles. The van der Waals surface area contributed by atoms with Crippen LogP contribution >= 0.6 is 15.9 Å². The SMILES string of the molecule is COc1cc2ncnc(Nc3cccc(Br)c3)c2cc1NC(=O)/C=C/CN(CCOS(C)(=O)=O)CC(=O)OC(C)(C)C. The Morgan fingerprint density at radius 3 is 2.57 bits per heavy atom. The number of hydrogen-bond donors (Lipinski definition) is 2. The van der Waals surface area contributed by atoms with Crippen LogP contribution in [0.1, 0.15) is 20.8 Å². The summed E-state index contributed by atoms with van der Waals surface area (Å²) in [6, 6.07) is 11.0. The zero-order valence-electron chi connectivity index (χ0n) is 24.0. The lowest BCUT2D eigenvalue weighted by molar-refractivity contribution is -0.156. The Morgan fingerprint density at radius 2 is 1.90 bits per heavy atom. The quantitative estimate of drug-likeness (QED) is 0.153. The summed E-state index contributed by atoms with van der Waals surface area (Å²) in [4.78, 5) is 35.5. The van der Waals surface area contributed by atoms with E-state index in [1.165, 1.54) is 19.5 Å². The van der Waals surface area contributed by atoms with E-state index >= 15 is 0 Å². The van der Waals surface area contributed by atoms with Crippen LogP contribution in [0.25, 0.3) is 10.9 Å². The molecule has 3 aromatic rings. The van der Waals surface area contributed by atoms with Crippen LogP contribution < -0.4 is 15.4 Å². The van der Waals surface area contributed by atoms with Gasteiger partial charge in [0.2, 0.25) is 5.91 Å². The van der Waals surface area contributed by atoms with Gasteiger partial charge in [0.05, 0.1) is 37.7 Å². The van der Waals surface area contributed by atoms with Gasteiger partial charge in [0.15, 0.2) is 0 Å². The van der Waals surface area contributed by atoms with Crippen LogP contribution in [-0.4, -0.2) is 80.4 Å². The second kappa shape index (κ2) is 14.5. The Morgan fingerprint density at radius 1 is 1.14 bits per heavy atom. The molecule has 14 heteroatoms. The Hall–Kier alpha value is -3.59. The van der Waals surface area contributed by atoms with Gasteiger partial charge in [0, 0.05) is 40.8 Å². The first-order valence-corrected chi connectivity index (χ1v) is 15.4. The van der Waals surface area contributed by atoms with Crippen LogP contribution in [0.3, 0.4) is 0 Å². The number of ether oxygens (including phenoxy) is 2. The Labute approximate surface area is 253 Å². The minimum Gasteiger partial charge on any atom is -0.494 e. The Balaban J connectivity index is 1.74. The third kappa shape index (κ3) is 11.0. The van der Waals surface area contributed by atoms with Crippen molar-refractivity contribution in [3.8, 4) is 5.75 Å². The number of benzene rings is 2. The number of nitrogens with zero attached hydrogens (tertiary/aromatic N) is 3. The van der Waals surface area contributed by atoms with Crippen LogP contribution in [0.4, 0.5) is 17.2 Å². The number of methoxy groups -OCH3 is 1. The van der Waals surface area contributed by atoms with E-state index in [0.29, 0.717) is 28.2 Å². The normalized spacial score (nSPS) is 12.1. The molecule has 0 aliphatic rings. The number of rotatable bonds is 13. The van der Waals surface area contributed by atoms with Crippen LogP contribution in [-0.2, 0) is 28.6 Å². The largest absolute Gasteiger partial charge is 0.494 e. The molecule has 3 rings (SSSR count). The molecule has 42 heavy (non-hydrogen) atoms. The van der Waals surface area contributed by atoms with Crippen molar-refractivity contribution in [1.82, 2.24) is 14.9 Å². The molecule has 1 amide bonds. The van der Waals surface area contributed by atoms with Gasteiger partial charge < -0.3 is 20.1 Å². The van der Waals surface area contributed by atoms with E-state index in [-0.39, 0.29) is 26.2 Å². The number of nitrogens with one attached hydrogen (secondary N) is 2. The molecule has 226 valence electrons. The molecule has 1 aromatic heterocycles. The van der Waals surface area contributed by atoms with Gasteiger partial charge in [-0.15, -0.1) is 0 Å². The van der Waals surface area contributed by atoms with E-state index in [2.05, 4.69) is 36.5 Å². The van der Waals surface area contributed by atoms with Crippen molar-refractivity contribution in [3.63, 3.8) is 0 Å². The maximum atomic E-state index is 12.8. The number of amides is 1. The van der Waals surface area contributed by atoms with Crippen LogP contribution in [0.2, 0.25) is 0 Å². The van der Waals surface area contributed by atoms with Crippen molar-refractivity contribution in [2.24, 2.45) is 0 Å². The third-order valence-corrected chi connectivity index (χ3v) is 6.50. The molecule has 0 unspecified atom stereocenters. The van der Waals surface area contributed by atoms with Crippen molar-refractivity contribution >= 4 is 66.0 Å². The van der Waals surface area contributed by atoms with Crippen LogP contribution in [0, 0.1) is 0 Å². The lowest BCUT2D eigenvalue weighted by atomic mass is 10.2. The fourth-order valence-corrected chi connectivity index (χ4v) is 4.52. The summed E-state index contributed by atoms with van der Waals surface area (Å²) in [7, 11) is -2.16. The first-order valence-electron chi connectivity index (χ1n) is 12.8. The number of anilines is 3. The average Bonchev–Trinajstić information content (AvgIpc) is 2.86. The molecule has 0 bridgehead atoms. The summed E-state index contributed by atoms with van der Waals surface area (Å²) in [6.45, 7) is 5.24. The Bertz CT molecular complexity index is 1560. The van der Waals surface area contributed by atoms with Gasteiger partial charge >= 0.3 is 5.97 Å². The second-order valence-corrected chi connectivity index (χ2v) is 12.7. The summed E-state index contributed by atoms with van der Waals surface area (Å²) in [5.41, 5.74) is 1.14. The number of halogens is 1. The molecular formula is C28H34BrN5O7S. The zero-order chi connectivity index (χ0) is 30.9. The number of carbonyl (C=O) groups is 2. The number of hydrogen-bond acceptors (Lipinski definition) is 11. The van der Waals surface area contributed by atoms with Gasteiger partial charge in [-0.3, -0.25) is 18.7 Å². The monoisotopic (exact) mass is 663 g/mol. The fraction of sp³-hybridized carbons (Fsp3) is 0.357. The number of aromatic nitrogens is 2. The summed E-state index contributed by atoms with van der Waals surface area (Å²) in [5, 5.41) is 6.73. The highest BCUT2D eigenvalue weighted by molar-refractivity contribution is 9.10. The summed E-state index contributed by atoms with van der Waals surface area (Å²) in [5.74, 6) is 0.00688. The number of esters is 1. The molecule has 0 fully saturated rings. The molecule has 0 atom stereocenters. The van der Waals surface area contributed by atoms with Gasteiger partial charge in [-0.1, -0.05) is 28.1 Å². The molecule has 0 saturated heterocycles. The predicted octanol–water partition coefficient (Wildman–Crippen LogP) is 4.26. The molecule has 0 aliphatic heterocycles. The fourth-order valence-electron chi connectivity index (χ4n) is 3.75. The van der Waals surface area contributed by atoms with Gasteiger partial charge in [-0.25, -0.2) is 9.97 Å². The lowest BCUT2D eigenvalue weighted by Crippen LogP contribution is -2.37. The minimum absolute atomic E-state index is 0.116. The summed E-state index contributed by atoms with van der Waals surface area (Å²) in [6.07, 6.45) is 5.25. The van der Waals surface area contributed by atoms with E-state index in [9.17, 15) is 18.0 Å². The molecular weight excluding hydrogens is 630 g/mol.